The highest BCUT2D eigenvalue weighted by atomic mass is 32.2. The number of carboxylic acids is 2. The SMILES string of the molecule is CC(C)(O/N=C(\C(=O)NC1C(=O)N2C(C(=O)O)=C(CNc3snc(O)c3C#N)CS[C@@H]12)c1csc(N)n1)C(=O)O. The van der Waals surface area contributed by atoms with Crippen LogP contribution in [-0.2, 0) is 24.0 Å². The van der Waals surface area contributed by atoms with E-state index in [0.29, 0.717) is 5.57 Å². The van der Waals surface area contributed by atoms with E-state index in [4.69, 9.17) is 15.8 Å². The van der Waals surface area contributed by atoms with Crippen LogP contribution in [0.3, 0.4) is 0 Å². The molecule has 4 heterocycles. The molecule has 2 atom stereocenters. The van der Waals surface area contributed by atoms with Crippen molar-refractivity contribution in [1.29, 1.82) is 5.26 Å². The number of nitrogen functional groups attached to an aromatic ring is 1. The number of β-lactam (4-membered cyclic amide) rings is 1. The van der Waals surface area contributed by atoms with Crippen molar-refractivity contribution in [2.75, 3.05) is 23.3 Å². The van der Waals surface area contributed by atoms with Gasteiger partial charge in [-0.3, -0.25) is 14.5 Å². The van der Waals surface area contributed by atoms with Crippen molar-refractivity contribution in [2.24, 2.45) is 5.16 Å². The number of rotatable bonds is 10. The fourth-order valence-electron chi connectivity index (χ4n) is 3.52. The molecule has 1 saturated heterocycles. The Balaban J connectivity index is 1.53. The van der Waals surface area contributed by atoms with Gasteiger partial charge >= 0.3 is 11.9 Å². The number of hydrogen-bond donors (Lipinski definition) is 6. The predicted octanol–water partition coefficient (Wildman–Crippen LogP) is 0.194. The molecule has 2 aromatic heterocycles. The van der Waals surface area contributed by atoms with Crippen molar-refractivity contribution in [3.05, 3.63) is 27.9 Å². The quantitative estimate of drug-likeness (QED) is 0.120. The summed E-state index contributed by atoms with van der Waals surface area (Å²) in [6.45, 7) is 2.40. The highest BCUT2D eigenvalue weighted by Gasteiger charge is 2.54. The second kappa shape index (κ2) is 11.0. The minimum absolute atomic E-state index is 0.00793. The second-order valence-electron chi connectivity index (χ2n) is 8.71. The van der Waals surface area contributed by atoms with Gasteiger partial charge in [0.05, 0.1) is 0 Å². The third-order valence-corrected chi connectivity index (χ3v) is 8.45. The number of nitrogens with two attached hydrogens (primary N) is 1. The predicted molar refractivity (Wildman–Crippen MR) is 143 cm³/mol. The molecule has 210 valence electrons. The van der Waals surface area contributed by atoms with Crippen LogP contribution in [0, 0.1) is 11.3 Å². The van der Waals surface area contributed by atoms with Crippen LogP contribution in [0.15, 0.2) is 21.8 Å². The molecule has 2 aliphatic rings. The van der Waals surface area contributed by atoms with Crippen molar-refractivity contribution >= 4 is 74.2 Å². The van der Waals surface area contributed by atoms with Gasteiger partial charge in [0.25, 0.3) is 11.8 Å². The topological polar surface area (TPSA) is 253 Å². The van der Waals surface area contributed by atoms with Gasteiger partial charge in [-0.2, -0.15) is 9.64 Å². The molecule has 2 amide bonds. The first-order valence-electron chi connectivity index (χ1n) is 11.1. The van der Waals surface area contributed by atoms with E-state index in [1.54, 1.807) is 6.07 Å². The molecular weight excluding hydrogens is 588 g/mol. The van der Waals surface area contributed by atoms with Gasteiger partial charge in [-0.1, -0.05) is 5.16 Å². The van der Waals surface area contributed by atoms with Crippen molar-refractivity contribution in [2.45, 2.75) is 30.9 Å². The molecule has 4 rings (SSSR count). The summed E-state index contributed by atoms with van der Waals surface area (Å²) in [6.07, 6.45) is 0. The number of carboxylic acid groups (broad SMARTS) is 2. The van der Waals surface area contributed by atoms with Gasteiger partial charge in [-0.25, -0.2) is 14.6 Å². The minimum atomic E-state index is -1.78. The lowest BCUT2D eigenvalue weighted by atomic mass is 10.0. The van der Waals surface area contributed by atoms with Gasteiger partial charge in [0, 0.05) is 17.7 Å². The Kier molecular flexibility index (Phi) is 7.86. The van der Waals surface area contributed by atoms with Crippen LogP contribution in [0.1, 0.15) is 25.1 Å². The Morgan fingerprint density at radius 2 is 2.10 bits per heavy atom. The molecule has 19 heteroatoms. The van der Waals surface area contributed by atoms with Gasteiger partial charge in [-0.05, 0) is 31.0 Å². The molecule has 1 fully saturated rings. The summed E-state index contributed by atoms with van der Waals surface area (Å²) >= 11 is 3.03. The molecule has 2 aliphatic heterocycles. The molecule has 2 aromatic rings. The Bertz CT molecular complexity index is 1510. The molecule has 40 heavy (non-hydrogen) atoms. The average molecular weight is 609 g/mol. The maximum atomic E-state index is 13.1. The molecule has 0 bridgehead atoms. The molecule has 0 aromatic carbocycles. The largest absolute Gasteiger partial charge is 0.492 e. The van der Waals surface area contributed by atoms with Crippen LogP contribution >= 0.6 is 34.6 Å². The number of fused-ring (bicyclic) bond motifs is 1. The highest BCUT2D eigenvalue weighted by molar-refractivity contribution is 8.00. The van der Waals surface area contributed by atoms with E-state index in [0.717, 1.165) is 27.8 Å². The molecule has 0 aliphatic carbocycles. The summed E-state index contributed by atoms with van der Waals surface area (Å²) in [5.41, 5.74) is 3.43. The lowest BCUT2D eigenvalue weighted by molar-refractivity contribution is -0.161. The first-order valence-corrected chi connectivity index (χ1v) is 13.8. The average Bonchev–Trinajstić information content (AvgIpc) is 3.49. The summed E-state index contributed by atoms with van der Waals surface area (Å²) in [5, 5.41) is 48.0. The summed E-state index contributed by atoms with van der Waals surface area (Å²) < 4.78 is 3.68. The van der Waals surface area contributed by atoms with E-state index >= 15 is 0 Å². The fourth-order valence-corrected chi connectivity index (χ4v) is 6.05. The number of nitrogens with one attached hydrogen (secondary N) is 2. The monoisotopic (exact) mass is 608 g/mol. The number of carbonyl (C=O) groups excluding carboxylic acids is 2. The lowest BCUT2D eigenvalue weighted by Gasteiger charge is -2.49. The zero-order valence-electron chi connectivity index (χ0n) is 20.6. The number of thioether (sulfide) groups is 1. The van der Waals surface area contributed by atoms with Gasteiger partial charge < -0.3 is 36.5 Å². The van der Waals surface area contributed by atoms with Crippen LogP contribution in [-0.4, -0.2) is 88.4 Å². The number of anilines is 2. The number of carbonyl (C=O) groups is 4. The maximum absolute atomic E-state index is 13.1. The third-order valence-electron chi connectivity index (χ3n) is 5.64. The number of thiazole rings is 1. The van der Waals surface area contributed by atoms with E-state index in [2.05, 4.69) is 25.1 Å². The molecule has 0 saturated carbocycles. The van der Waals surface area contributed by atoms with Crippen LogP contribution < -0.4 is 16.4 Å². The first kappa shape index (κ1) is 28.6. The fraction of sp³-hybridized carbons (Fsp3) is 0.333. The van der Waals surface area contributed by atoms with E-state index in [1.165, 1.54) is 31.0 Å². The molecule has 0 radical (unpaired) electrons. The van der Waals surface area contributed by atoms with Crippen LogP contribution in [0.5, 0.6) is 5.88 Å². The zero-order chi connectivity index (χ0) is 29.4. The van der Waals surface area contributed by atoms with Crippen molar-refractivity contribution in [3.63, 3.8) is 0 Å². The minimum Gasteiger partial charge on any atom is -0.492 e. The van der Waals surface area contributed by atoms with Crippen LogP contribution in [0.2, 0.25) is 0 Å². The molecule has 16 nitrogen and oxygen atoms in total. The van der Waals surface area contributed by atoms with Gasteiger partial charge in [0.15, 0.2) is 10.8 Å². The van der Waals surface area contributed by atoms with E-state index in [-0.39, 0.29) is 39.4 Å². The molecule has 7 N–H and O–H groups in total. The number of amides is 2. The number of aromatic nitrogens is 2. The molecule has 0 spiro atoms. The first-order chi connectivity index (χ1) is 18.9. The number of aliphatic carboxylic acids is 2. The highest BCUT2D eigenvalue weighted by Crippen LogP contribution is 2.40. The number of hydrogen-bond acceptors (Lipinski definition) is 15. The Morgan fingerprint density at radius 1 is 1.38 bits per heavy atom. The van der Waals surface area contributed by atoms with Crippen molar-refractivity contribution in [3.8, 4) is 11.9 Å². The summed E-state index contributed by atoms with van der Waals surface area (Å²) in [7, 11) is 0. The number of aromatic hydroxyl groups is 1. The van der Waals surface area contributed by atoms with Crippen LogP contribution in [0.4, 0.5) is 10.1 Å². The van der Waals surface area contributed by atoms with Gasteiger partial charge in [0.2, 0.25) is 11.5 Å². The Labute approximate surface area is 237 Å². The summed E-state index contributed by atoms with van der Waals surface area (Å²) in [6, 6.07) is 0.677. The number of nitrogens with zero attached hydrogens (tertiary/aromatic N) is 5. The van der Waals surface area contributed by atoms with Gasteiger partial charge in [0.1, 0.15) is 39.4 Å². The van der Waals surface area contributed by atoms with E-state index in [1.807, 2.05) is 0 Å². The molecular formula is C21H20N8O8S3. The van der Waals surface area contributed by atoms with Crippen molar-refractivity contribution < 1.29 is 39.3 Å². The van der Waals surface area contributed by atoms with E-state index < -0.39 is 52.4 Å². The van der Waals surface area contributed by atoms with Crippen molar-refractivity contribution in [1.82, 2.24) is 19.6 Å². The maximum Gasteiger partial charge on any atom is 0.352 e. The zero-order valence-corrected chi connectivity index (χ0v) is 23.0. The lowest BCUT2D eigenvalue weighted by Crippen LogP contribution is -2.71. The third kappa shape index (κ3) is 5.36. The smallest absolute Gasteiger partial charge is 0.352 e. The number of oxime groups is 1. The second-order valence-corrected chi connectivity index (χ2v) is 11.5. The Hall–Kier alpha value is -4.41. The van der Waals surface area contributed by atoms with Gasteiger partial charge in [-0.15, -0.1) is 23.1 Å². The summed E-state index contributed by atoms with van der Waals surface area (Å²) in [5.74, 6) is -4.59. The summed E-state index contributed by atoms with van der Waals surface area (Å²) in [4.78, 5) is 59.8. The molecule has 1 unspecified atom stereocenters. The Morgan fingerprint density at radius 3 is 2.70 bits per heavy atom. The van der Waals surface area contributed by atoms with Crippen LogP contribution in [0.25, 0.3) is 0 Å². The normalized spacial score (nSPS) is 18.9. The standard InChI is InChI=1S/C21H20N8O8S3/c1-21(2,19(35)36)37-27-10(9-6-39-20(23)25-9)14(31)26-11-16(32)29-12(18(33)34)7(5-38-17(11)29)4-24-15-8(3-22)13(30)28-40-15/h6,11,17,24H,4-5H2,1-2H3,(H2,23,25)(H,26,31)(H,28,30)(H,33,34)(H,35,36)/b27-10-/t11?,17-/m0/s1. The number of nitriles is 1. The van der Waals surface area contributed by atoms with E-state index in [9.17, 15) is 34.5 Å².